The third-order valence-corrected chi connectivity index (χ3v) is 6.77. The van der Waals surface area contributed by atoms with E-state index in [1.165, 1.54) is 35.3 Å². The van der Waals surface area contributed by atoms with Crippen molar-refractivity contribution in [2.24, 2.45) is 0 Å². The van der Waals surface area contributed by atoms with Gasteiger partial charge in [0.1, 0.15) is 0 Å². The fourth-order valence-electron chi connectivity index (χ4n) is 2.96. The molecule has 2 amide bonds. The van der Waals surface area contributed by atoms with Crippen LogP contribution in [0.15, 0.2) is 105 Å². The molecule has 3 aromatic carbocycles. The topological polar surface area (TPSA) is 54.5 Å². The maximum atomic E-state index is 13.3. The molecule has 0 radical (unpaired) electrons. The molecule has 0 aromatic heterocycles. The Kier molecular flexibility index (Phi) is 5.88. The fourth-order valence-corrected chi connectivity index (χ4v) is 4.99. The van der Waals surface area contributed by atoms with Crippen LogP contribution >= 0.6 is 23.5 Å². The van der Waals surface area contributed by atoms with Gasteiger partial charge < -0.3 is 0 Å². The van der Waals surface area contributed by atoms with Gasteiger partial charge in [-0.05, 0) is 55.5 Å². The second-order valence-electron chi connectivity index (χ2n) is 6.54. The summed E-state index contributed by atoms with van der Waals surface area (Å²) in [5, 5.41) is 0. The van der Waals surface area contributed by atoms with E-state index in [0.29, 0.717) is 21.1 Å². The van der Waals surface area contributed by atoms with Gasteiger partial charge >= 0.3 is 0 Å². The van der Waals surface area contributed by atoms with Gasteiger partial charge in [0.2, 0.25) is 0 Å². The Labute approximate surface area is 183 Å². The summed E-state index contributed by atoms with van der Waals surface area (Å²) in [6.45, 7) is 1.48. The highest BCUT2D eigenvalue weighted by atomic mass is 32.2. The summed E-state index contributed by atoms with van der Waals surface area (Å²) >= 11 is 2.58. The molecule has 0 aliphatic carbocycles. The summed E-state index contributed by atoms with van der Waals surface area (Å²) in [6, 6.07) is 25.5. The van der Waals surface area contributed by atoms with Crippen molar-refractivity contribution in [1.82, 2.24) is 0 Å². The molecule has 0 N–H and O–H groups in total. The van der Waals surface area contributed by atoms with Crippen LogP contribution in [0.5, 0.6) is 0 Å². The molecule has 3 aromatic rings. The normalized spacial score (nSPS) is 13.8. The molecule has 0 saturated carbocycles. The highest BCUT2D eigenvalue weighted by molar-refractivity contribution is 8.08. The summed E-state index contributed by atoms with van der Waals surface area (Å²) in [5.41, 5.74) is 0.980. The summed E-state index contributed by atoms with van der Waals surface area (Å²) in [6.07, 6.45) is 0. The molecule has 30 heavy (non-hydrogen) atoms. The smallest absolute Gasteiger partial charge is 0.273 e. The van der Waals surface area contributed by atoms with Gasteiger partial charge in [-0.1, -0.05) is 59.9 Å². The van der Waals surface area contributed by atoms with Crippen LogP contribution in [0.3, 0.4) is 0 Å². The number of rotatable bonds is 6. The zero-order valence-electron chi connectivity index (χ0n) is 16.1. The number of hydrogen-bond acceptors (Lipinski definition) is 5. The number of imide groups is 1. The molecule has 1 aliphatic rings. The molecule has 1 aliphatic heterocycles. The van der Waals surface area contributed by atoms with Gasteiger partial charge in [-0.2, -0.15) is 0 Å². The van der Waals surface area contributed by atoms with Crippen LogP contribution < -0.4 is 4.90 Å². The number of nitrogens with zero attached hydrogens (tertiary/aromatic N) is 1. The second-order valence-corrected chi connectivity index (χ2v) is 8.70. The molecular formula is C24H17NO3S2. The van der Waals surface area contributed by atoms with Gasteiger partial charge in [0.25, 0.3) is 11.8 Å². The van der Waals surface area contributed by atoms with Crippen LogP contribution in [-0.2, 0) is 9.59 Å². The molecule has 6 heteroatoms. The first kappa shape index (κ1) is 20.2. The van der Waals surface area contributed by atoms with E-state index in [0.717, 1.165) is 9.79 Å². The maximum Gasteiger partial charge on any atom is 0.273 e. The van der Waals surface area contributed by atoms with Crippen molar-refractivity contribution < 1.29 is 14.4 Å². The van der Waals surface area contributed by atoms with Crippen LogP contribution in [0.4, 0.5) is 5.69 Å². The number of ketones is 1. The first-order valence-corrected chi connectivity index (χ1v) is 10.9. The molecule has 0 unspecified atom stereocenters. The van der Waals surface area contributed by atoms with Crippen LogP contribution in [0.1, 0.15) is 17.3 Å². The minimum atomic E-state index is -0.358. The van der Waals surface area contributed by atoms with E-state index in [1.807, 2.05) is 60.7 Å². The third-order valence-electron chi connectivity index (χ3n) is 4.46. The van der Waals surface area contributed by atoms with Crippen molar-refractivity contribution in [3.63, 3.8) is 0 Å². The Morgan fingerprint density at radius 1 is 0.667 bits per heavy atom. The lowest BCUT2D eigenvalue weighted by molar-refractivity contribution is -0.120. The average Bonchev–Trinajstić information content (AvgIpc) is 2.99. The Bertz CT molecular complexity index is 1080. The summed E-state index contributed by atoms with van der Waals surface area (Å²) < 4.78 is 0. The van der Waals surface area contributed by atoms with E-state index in [4.69, 9.17) is 0 Å². The van der Waals surface area contributed by atoms with E-state index >= 15 is 0 Å². The van der Waals surface area contributed by atoms with E-state index < -0.39 is 0 Å². The van der Waals surface area contributed by atoms with Crippen molar-refractivity contribution in [2.75, 3.05) is 4.90 Å². The molecular weight excluding hydrogens is 414 g/mol. The lowest BCUT2D eigenvalue weighted by Gasteiger charge is -2.15. The zero-order chi connectivity index (χ0) is 21.1. The van der Waals surface area contributed by atoms with Crippen LogP contribution in [0.25, 0.3) is 0 Å². The predicted octanol–water partition coefficient (Wildman–Crippen LogP) is 5.56. The second kappa shape index (κ2) is 8.73. The molecule has 0 bridgehead atoms. The number of thioether (sulfide) groups is 2. The standard InChI is InChI=1S/C24H17NO3S2/c1-16(26)17-12-14-18(15-13-17)25-23(27)21(29-19-8-4-2-5-9-19)22(24(25)28)30-20-10-6-3-7-11-20/h2-15H,1H3. The maximum absolute atomic E-state index is 13.3. The van der Waals surface area contributed by atoms with Crippen molar-refractivity contribution in [3.8, 4) is 0 Å². The first-order chi connectivity index (χ1) is 14.5. The SMILES string of the molecule is CC(=O)c1ccc(N2C(=O)C(Sc3ccccc3)=C(Sc3ccccc3)C2=O)cc1. The van der Waals surface area contributed by atoms with Gasteiger partial charge in [-0.15, -0.1) is 0 Å². The lowest BCUT2D eigenvalue weighted by Crippen LogP contribution is -2.31. The Morgan fingerprint density at radius 3 is 1.50 bits per heavy atom. The highest BCUT2D eigenvalue weighted by Gasteiger charge is 2.40. The molecule has 0 saturated heterocycles. The van der Waals surface area contributed by atoms with Crippen LogP contribution in [0.2, 0.25) is 0 Å². The van der Waals surface area contributed by atoms with Crippen molar-refractivity contribution in [3.05, 3.63) is 100 Å². The summed E-state index contributed by atoms with van der Waals surface area (Å²) in [5.74, 6) is -0.787. The van der Waals surface area contributed by atoms with Crippen LogP contribution in [-0.4, -0.2) is 17.6 Å². The van der Waals surface area contributed by atoms with Crippen LogP contribution in [0, 0.1) is 0 Å². The number of hydrogen-bond donors (Lipinski definition) is 0. The number of carbonyl (C=O) groups excluding carboxylic acids is 3. The monoisotopic (exact) mass is 431 g/mol. The van der Waals surface area contributed by atoms with Gasteiger partial charge in [0, 0.05) is 15.4 Å². The fraction of sp³-hybridized carbons (Fsp3) is 0.0417. The largest absolute Gasteiger partial charge is 0.295 e. The minimum Gasteiger partial charge on any atom is -0.295 e. The molecule has 4 rings (SSSR count). The Balaban J connectivity index is 1.72. The lowest BCUT2D eigenvalue weighted by atomic mass is 10.1. The van der Waals surface area contributed by atoms with Gasteiger partial charge in [0.15, 0.2) is 5.78 Å². The van der Waals surface area contributed by atoms with E-state index in [-0.39, 0.29) is 17.6 Å². The quantitative estimate of drug-likeness (QED) is 0.378. The van der Waals surface area contributed by atoms with Gasteiger partial charge in [-0.3, -0.25) is 14.4 Å². The van der Waals surface area contributed by atoms with Crippen molar-refractivity contribution in [1.29, 1.82) is 0 Å². The first-order valence-electron chi connectivity index (χ1n) is 9.24. The van der Waals surface area contributed by atoms with E-state index in [1.54, 1.807) is 24.3 Å². The Morgan fingerprint density at radius 2 is 1.10 bits per heavy atom. The molecule has 0 fully saturated rings. The van der Waals surface area contributed by atoms with Gasteiger partial charge in [0.05, 0.1) is 15.5 Å². The zero-order valence-corrected chi connectivity index (χ0v) is 17.7. The molecule has 4 nitrogen and oxygen atoms in total. The predicted molar refractivity (Wildman–Crippen MR) is 121 cm³/mol. The molecule has 1 heterocycles. The Hall–Kier alpha value is -3.09. The highest BCUT2D eigenvalue weighted by Crippen LogP contribution is 2.43. The van der Waals surface area contributed by atoms with Crippen molar-refractivity contribution in [2.45, 2.75) is 16.7 Å². The van der Waals surface area contributed by atoms with Gasteiger partial charge in [-0.25, -0.2) is 4.90 Å². The number of Topliss-reactive ketones (excluding diaryl/α,β-unsaturated/α-hetero) is 1. The molecule has 148 valence electrons. The van der Waals surface area contributed by atoms with E-state index in [2.05, 4.69) is 0 Å². The van der Waals surface area contributed by atoms with E-state index in [9.17, 15) is 14.4 Å². The number of carbonyl (C=O) groups is 3. The third kappa shape index (κ3) is 4.10. The molecule has 0 spiro atoms. The number of anilines is 1. The summed E-state index contributed by atoms with van der Waals surface area (Å²) in [7, 11) is 0. The summed E-state index contributed by atoms with van der Waals surface area (Å²) in [4.78, 5) is 41.9. The molecule has 0 atom stereocenters. The average molecular weight is 432 g/mol. The van der Waals surface area contributed by atoms with Crippen molar-refractivity contribution >= 4 is 46.8 Å². The number of benzene rings is 3. The minimum absolute atomic E-state index is 0.0700. The number of amides is 2.